The summed E-state index contributed by atoms with van der Waals surface area (Å²) in [4.78, 5) is 32.7. The standard InChI is InChI=1S/C23H35N5O2.HI/c1-23(2,3)21(30)25-12-13-26-22(24-4)28-16-17(18-8-5-6-9-19(18)28)11-15-27-14-7-10-20(27)29;/h5-6,8-9,17H,7,10-16H2,1-4H3,(H,24,26)(H,25,30);1H. The highest BCUT2D eigenvalue weighted by molar-refractivity contribution is 14.0. The van der Waals surface area contributed by atoms with Crippen LogP contribution in [0.25, 0.3) is 0 Å². The number of hydrogen-bond acceptors (Lipinski definition) is 3. The van der Waals surface area contributed by atoms with Crippen molar-refractivity contribution in [1.29, 1.82) is 0 Å². The number of amides is 2. The molecule has 1 fully saturated rings. The van der Waals surface area contributed by atoms with Crippen molar-refractivity contribution in [3.63, 3.8) is 0 Å². The van der Waals surface area contributed by atoms with Gasteiger partial charge in [-0.1, -0.05) is 39.0 Å². The van der Waals surface area contributed by atoms with Crippen molar-refractivity contribution in [3.8, 4) is 0 Å². The Balaban J connectivity index is 0.00000341. The predicted octanol–water partition coefficient (Wildman–Crippen LogP) is 2.96. The zero-order valence-electron chi connectivity index (χ0n) is 19.1. The van der Waals surface area contributed by atoms with Crippen molar-refractivity contribution < 1.29 is 9.59 Å². The number of rotatable bonds is 6. The minimum absolute atomic E-state index is 0. The molecule has 0 bridgehead atoms. The number of fused-ring (bicyclic) bond motifs is 1. The van der Waals surface area contributed by atoms with Gasteiger partial charge in [0, 0.05) is 63.2 Å². The Labute approximate surface area is 203 Å². The van der Waals surface area contributed by atoms with Gasteiger partial charge < -0.3 is 20.4 Å². The van der Waals surface area contributed by atoms with E-state index in [0.717, 1.165) is 38.4 Å². The van der Waals surface area contributed by atoms with E-state index in [2.05, 4.69) is 44.8 Å². The molecule has 8 heteroatoms. The molecule has 31 heavy (non-hydrogen) atoms. The van der Waals surface area contributed by atoms with Gasteiger partial charge >= 0.3 is 0 Å². The van der Waals surface area contributed by atoms with Crippen LogP contribution in [0.4, 0.5) is 5.69 Å². The van der Waals surface area contributed by atoms with Crippen molar-refractivity contribution >= 4 is 47.4 Å². The molecule has 0 aromatic heterocycles. The number of likely N-dealkylation sites (tertiary alicyclic amines) is 1. The number of benzene rings is 1. The molecule has 2 aliphatic heterocycles. The summed E-state index contributed by atoms with van der Waals surface area (Å²) in [6.07, 6.45) is 2.63. The van der Waals surface area contributed by atoms with Gasteiger partial charge in [-0.05, 0) is 24.5 Å². The zero-order chi connectivity index (χ0) is 21.7. The molecule has 172 valence electrons. The van der Waals surface area contributed by atoms with E-state index in [0.29, 0.717) is 25.4 Å². The van der Waals surface area contributed by atoms with E-state index in [-0.39, 0.29) is 41.2 Å². The number of anilines is 1. The number of carbonyl (C=O) groups excluding carboxylic acids is 2. The summed E-state index contributed by atoms with van der Waals surface area (Å²) in [5.41, 5.74) is 2.09. The third-order valence-electron chi connectivity index (χ3n) is 5.83. The van der Waals surface area contributed by atoms with E-state index in [4.69, 9.17) is 0 Å². The van der Waals surface area contributed by atoms with Crippen LogP contribution in [0.15, 0.2) is 29.3 Å². The molecule has 0 aliphatic carbocycles. The lowest BCUT2D eigenvalue weighted by molar-refractivity contribution is -0.128. The molecule has 1 unspecified atom stereocenters. The van der Waals surface area contributed by atoms with Crippen molar-refractivity contribution in [2.45, 2.75) is 46.0 Å². The quantitative estimate of drug-likeness (QED) is 0.251. The molecule has 1 aromatic rings. The highest BCUT2D eigenvalue weighted by Gasteiger charge is 2.32. The number of nitrogens with zero attached hydrogens (tertiary/aromatic N) is 3. The second-order valence-electron chi connectivity index (χ2n) is 9.12. The lowest BCUT2D eigenvalue weighted by Gasteiger charge is -2.24. The van der Waals surface area contributed by atoms with Crippen LogP contribution in [0.3, 0.4) is 0 Å². The van der Waals surface area contributed by atoms with Gasteiger partial charge in [0.05, 0.1) is 0 Å². The molecule has 2 N–H and O–H groups in total. The Bertz CT molecular complexity index is 805. The molecule has 1 atom stereocenters. The fourth-order valence-corrected chi connectivity index (χ4v) is 4.11. The van der Waals surface area contributed by atoms with Crippen molar-refractivity contribution in [1.82, 2.24) is 15.5 Å². The molecular formula is C23H36IN5O2. The molecule has 0 radical (unpaired) electrons. The van der Waals surface area contributed by atoms with E-state index in [1.165, 1.54) is 11.3 Å². The second kappa shape index (κ2) is 11.2. The van der Waals surface area contributed by atoms with E-state index in [1.54, 1.807) is 7.05 Å². The zero-order valence-corrected chi connectivity index (χ0v) is 21.4. The molecular weight excluding hydrogens is 505 g/mol. The van der Waals surface area contributed by atoms with Crippen LogP contribution in [0, 0.1) is 5.41 Å². The average molecular weight is 541 g/mol. The molecule has 0 saturated carbocycles. The number of carbonyl (C=O) groups is 2. The Morgan fingerprint density at radius 1 is 1.19 bits per heavy atom. The smallest absolute Gasteiger partial charge is 0.225 e. The lowest BCUT2D eigenvalue weighted by atomic mass is 9.96. The van der Waals surface area contributed by atoms with Crippen molar-refractivity contribution in [2.75, 3.05) is 44.7 Å². The number of nitrogens with one attached hydrogen (secondary N) is 2. The van der Waals surface area contributed by atoms with Gasteiger partial charge in [-0.3, -0.25) is 14.6 Å². The molecule has 2 heterocycles. The van der Waals surface area contributed by atoms with Gasteiger partial charge in [0.1, 0.15) is 0 Å². The van der Waals surface area contributed by atoms with E-state index in [1.807, 2.05) is 25.7 Å². The lowest BCUT2D eigenvalue weighted by Crippen LogP contribution is -2.45. The Morgan fingerprint density at radius 2 is 1.90 bits per heavy atom. The average Bonchev–Trinajstić information content (AvgIpc) is 3.29. The number of guanidine groups is 1. The number of aliphatic imine (C=N–C) groups is 1. The summed E-state index contributed by atoms with van der Waals surface area (Å²) in [5.74, 6) is 1.51. The van der Waals surface area contributed by atoms with Crippen LogP contribution in [-0.4, -0.2) is 62.4 Å². The van der Waals surface area contributed by atoms with E-state index >= 15 is 0 Å². The highest BCUT2D eigenvalue weighted by Crippen LogP contribution is 2.38. The summed E-state index contributed by atoms with van der Waals surface area (Å²) in [7, 11) is 1.79. The van der Waals surface area contributed by atoms with Gasteiger partial charge in [-0.15, -0.1) is 24.0 Å². The molecule has 7 nitrogen and oxygen atoms in total. The summed E-state index contributed by atoms with van der Waals surface area (Å²) >= 11 is 0. The third kappa shape index (κ3) is 6.33. The van der Waals surface area contributed by atoms with Crippen LogP contribution in [0.5, 0.6) is 0 Å². The Morgan fingerprint density at radius 3 is 2.55 bits per heavy atom. The van der Waals surface area contributed by atoms with Gasteiger partial charge in [0.15, 0.2) is 5.96 Å². The maximum atomic E-state index is 12.0. The van der Waals surface area contributed by atoms with Crippen molar-refractivity contribution in [2.24, 2.45) is 10.4 Å². The van der Waals surface area contributed by atoms with Gasteiger partial charge in [0.25, 0.3) is 0 Å². The van der Waals surface area contributed by atoms with Gasteiger partial charge in [-0.2, -0.15) is 0 Å². The number of hydrogen-bond donors (Lipinski definition) is 2. The maximum absolute atomic E-state index is 12.0. The highest BCUT2D eigenvalue weighted by atomic mass is 127. The fourth-order valence-electron chi connectivity index (χ4n) is 4.11. The van der Waals surface area contributed by atoms with E-state index < -0.39 is 0 Å². The topological polar surface area (TPSA) is 77.0 Å². The van der Waals surface area contributed by atoms with Crippen molar-refractivity contribution in [3.05, 3.63) is 29.8 Å². The fraction of sp³-hybridized carbons (Fsp3) is 0.609. The minimum Gasteiger partial charge on any atom is -0.354 e. The minimum atomic E-state index is -0.389. The first-order chi connectivity index (χ1) is 14.3. The van der Waals surface area contributed by atoms with Gasteiger partial charge in [0.2, 0.25) is 11.8 Å². The van der Waals surface area contributed by atoms with E-state index in [9.17, 15) is 9.59 Å². The normalized spacial score (nSPS) is 18.6. The first kappa shape index (κ1) is 25.4. The first-order valence-corrected chi connectivity index (χ1v) is 10.9. The SMILES string of the molecule is CN=C(NCCNC(=O)C(C)(C)C)N1CC(CCN2CCCC2=O)c2ccccc21.I. The predicted molar refractivity (Wildman–Crippen MR) is 136 cm³/mol. The second-order valence-corrected chi connectivity index (χ2v) is 9.12. The van der Waals surface area contributed by atoms with Crippen LogP contribution in [0.2, 0.25) is 0 Å². The first-order valence-electron chi connectivity index (χ1n) is 10.9. The Kier molecular flexibility index (Phi) is 9.14. The molecule has 3 rings (SSSR count). The molecule has 1 aromatic carbocycles. The number of halogens is 1. The molecule has 0 spiro atoms. The summed E-state index contributed by atoms with van der Waals surface area (Å²) in [5, 5.41) is 6.34. The van der Waals surface area contributed by atoms with Gasteiger partial charge in [-0.25, -0.2) is 0 Å². The summed E-state index contributed by atoms with van der Waals surface area (Å²) < 4.78 is 0. The maximum Gasteiger partial charge on any atom is 0.225 e. The molecule has 1 saturated heterocycles. The monoisotopic (exact) mass is 541 g/mol. The number of para-hydroxylation sites is 1. The molecule has 2 amide bonds. The Hall–Kier alpha value is -1.84. The van der Waals surface area contributed by atoms with Crippen LogP contribution < -0.4 is 15.5 Å². The third-order valence-corrected chi connectivity index (χ3v) is 5.83. The van der Waals surface area contributed by atoms with Crippen LogP contribution in [-0.2, 0) is 9.59 Å². The molecule has 2 aliphatic rings. The van der Waals surface area contributed by atoms with Crippen LogP contribution >= 0.6 is 24.0 Å². The summed E-state index contributed by atoms with van der Waals surface area (Å²) in [6, 6.07) is 8.44. The largest absolute Gasteiger partial charge is 0.354 e. The van der Waals surface area contributed by atoms with Crippen LogP contribution in [0.1, 0.15) is 51.5 Å². The summed E-state index contributed by atoms with van der Waals surface area (Å²) in [6.45, 7) is 9.43.